The van der Waals surface area contributed by atoms with Crippen molar-refractivity contribution in [2.24, 2.45) is 11.7 Å². The first-order valence-electron chi connectivity index (χ1n) is 5.88. The van der Waals surface area contributed by atoms with Crippen molar-refractivity contribution in [3.8, 4) is 0 Å². The summed E-state index contributed by atoms with van der Waals surface area (Å²) in [5.41, 5.74) is 11.3. The topological polar surface area (TPSA) is 102 Å². The molecule has 0 saturated carbocycles. The smallest absolute Gasteiger partial charge is 0.257 e. The highest BCUT2D eigenvalue weighted by Gasteiger charge is 2.27. The molecule has 6 heteroatoms. The van der Waals surface area contributed by atoms with Crippen LogP contribution in [0, 0.1) is 5.92 Å². The van der Waals surface area contributed by atoms with Gasteiger partial charge in [0.05, 0.1) is 5.56 Å². The molecule has 2 heterocycles. The number of nitrogen functional groups attached to an aromatic ring is 1. The van der Waals surface area contributed by atoms with Gasteiger partial charge in [-0.2, -0.15) is 0 Å². The average Bonchev–Trinajstić information content (AvgIpc) is 2.38. The van der Waals surface area contributed by atoms with Crippen LogP contribution in [0.25, 0.3) is 0 Å². The Morgan fingerprint density at radius 2 is 2.00 bits per heavy atom. The van der Waals surface area contributed by atoms with E-state index in [1.54, 1.807) is 23.2 Å². The first-order chi connectivity index (χ1) is 8.59. The van der Waals surface area contributed by atoms with Crippen molar-refractivity contribution in [1.29, 1.82) is 0 Å². The molecule has 0 aromatic carbocycles. The Morgan fingerprint density at radius 3 is 2.56 bits per heavy atom. The van der Waals surface area contributed by atoms with Crippen LogP contribution in [-0.2, 0) is 4.79 Å². The van der Waals surface area contributed by atoms with Crippen LogP contribution in [0.4, 0.5) is 5.82 Å². The fourth-order valence-corrected chi connectivity index (χ4v) is 2.14. The molecular weight excluding hydrogens is 232 g/mol. The van der Waals surface area contributed by atoms with Gasteiger partial charge in [0.2, 0.25) is 5.91 Å². The first-order valence-corrected chi connectivity index (χ1v) is 5.88. The Kier molecular flexibility index (Phi) is 3.45. The fraction of sp³-hybridized carbons (Fsp3) is 0.417. The zero-order chi connectivity index (χ0) is 13.1. The summed E-state index contributed by atoms with van der Waals surface area (Å²) in [4.78, 5) is 28.8. The number of hydrogen-bond acceptors (Lipinski definition) is 4. The highest BCUT2D eigenvalue weighted by molar-refractivity contribution is 5.98. The third-order valence-electron chi connectivity index (χ3n) is 3.25. The number of pyridine rings is 1. The zero-order valence-corrected chi connectivity index (χ0v) is 10.0. The third kappa shape index (κ3) is 2.42. The van der Waals surface area contributed by atoms with E-state index in [2.05, 4.69) is 4.98 Å². The predicted molar refractivity (Wildman–Crippen MR) is 66.5 cm³/mol. The first kappa shape index (κ1) is 12.3. The molecule has 0 bridgehead atoms. The van der Waals surface area contributed by atoms with E-state index in [0.717, 1.165) is 0 Å². The normalized spacial score (nSPS) is 16.6. The van der Waals surface area contributed by atoms with Crippen molar-refractivity contribution in [1.82, 2.24) is 9.88 Å². The lowest BCUT2D eigenvalue weighted by atomic mass is 9.96. The molecule has 1 saturated heterocycles. The molecule has 1 aliphatic heterocycles. The SMILES string of the molecule is NC(=O)C1CCN(C(=O)c2cccnc2N)CC1. The maximum absolute atomic E-state index is 12.2. The number of anilines is 1. The molecule has 0 atom stereocenters. The van der Waals surface area contributed by atoms with E-state index in [9.17, 15) is 9.59 Å². The minimum absolute atomic E-state index is 0.125. The van der Waals surface area contributed by atoms with Gasteiger partial charge in [-0.15, -0.1) is 0 Å². The number of likely N-dealkylation sites (tertiary alicyclic amines) is 1. The van der Waals surface area contributed by atoms with E-state index < -0.39 is 0 Å². The van der Waals surface area contributed by atoms with E-state index in [4.69, 9.17) is 11.5 Å². The summed E-state index contributed by atoms with van der Waals surface area (Å²) in [5, 5.41) is 0. The summed E-state index contributed by atoms with van der Waals surface area (Å²) in [6.07, 6.45) is 2.77. The quantitative estimate of drug-likeness (QED) is 0.769. The minimum Gasteiger partial charge on any atom is -0.383 e. The lowest BCUT2D eigenvalue weighted by Gasteiger charge is -2.30. The van der Waals surface area contributed by atoms with Crippen molar-refractivity contribution in [2.75, 3.05) is 18.8 Å². The number of nitrogens with two attached hydrogens (primary N) is 2. The molecule has 4 N–H and O–H groups in total. The van der Waals surface area contributed by atoms with Crippen LogP contribution in [0.5, 0.6) is 0 Å². The van der Waals surface area contributed by atoms with Gasteiger partial charge >= 0.3 is 0 Å². The largest absolute Gasteiger partial charge is 0.383 e. The van der Waals surface area contributed by atoms with Gasteiger partial charge < -0.3 is 16.4 Å². The van der Waals surface area contributed by atoms with Crippen molar-refractivity contribution in [3.05, 3.63) is 23.9 Å². The van der Waals surface area contributed by atoms with Gasteiger partial charge in [-0.05, 0) is 25.0 Å². The molecule has 1 fully saturated rings. The monoisotopic (exact) mass is 248 g/mol. The third-order valence-corrected chi connectivity index (χ3v) is 3.25. The number of carbonyl (C=O) groups excluding carboxylic acids is 2. The van der Waals surface area contributed by atoms with E-state index >= 15 is 0 Å². The Morgan fingerprint density at radius 1 is 1.33 bits per heavy atom. The van der Waals surface area contributed by atoms with Crippen LogP contribution in [0.1, 0.15) is 23.2 Å². The summed E-state index contributed by atoms with van der Waals surface area (Å²) >= 11 is 0. The standard InChI is InChI=1S/C12H16N4O2/c13-10-9(2-1-5-15-10)12(18)16-6-3-8(4-7-16)11(14)17/h1-2,5,8H,3-4,6-7H2,(H2,13,15)(H2,14,17). The molecule has 1 aromatic heterocycles. The number of carbonyl (C=O) groups is 2. The molecule has 1 aromatic rings. The predicted octanol–water partition coefficient (Wildman–Crippen LogP) is 0.00130. The van der Waals surface area contributed by atoms with Crippen LogP contribution >= 0.6 is 0 Å². The zero-order valence-electron chi connectivity index (χ0n) is 10.0. The van der Waals surface area contributed by atoms with Crippen LogP contribution < -0.4 is 11.5 Å². The van der Waals surface area contributed by atoms with E-state index in [0.29, 0.717) is 31.5 Å². The second kappa shape index (κ2) is 5.03. The van der Waals surface area contributed by atoms with Crippen LogP contribution in [0.2, 0.25) is 0 Å². The van der Waals surface area contributed by atoms with Gasteiger partial charge in [0.1, 0.15) is 5.82 Å². The van der Waals surface area contributed by atoms with Crippen LogP contribution in [-0.4, -0.2) is 34.8 Å². The molecule has 2 rings (SSSR count). The van der Waals surface area contributed by atoms with Crippen molar-refractivity contribution in [2.45, 2.75) is 12.8 Å². The molecule has 2 amide bonds. The number of rotatable bonds is 2. The molecule has 1 aliphatic rings. The molecule has 6 nitrogen and oxygen atoms in total. The van der Waals surface area contributed by atoms with Crippen LogP contribution in [0.15, 0.2) is 18.3 Å². The van der Waals surface area contributed by atoms with Gasteiger partial charge in [0, 0.05) is 25.2 Å². The maximum atomic E-state index is 12.2. The summed E-state index contributed by atoms with van der Waals surface area (Å²) < 4.78 is 0. The lowest BCUT2D eigenvalue weighted by molar-refractivity contribution is -0.123. The number of primary amides is 1. The Bertz CT molecular complexity index is 467. The Labute approximate surface area is 105 Å². The van der Waals surface area contributed by atoms with Gasteiger partial charge in [-0.1, -0.05) is 0 Å². The average molecular weight is 248 g/mol. The minimum atomic E-state index is -0.289. The summed E-state index contributed by atoms with van der Waals surface area (Å²) in [5.74, 6) is -0.314. The number of piperidine rings is 1. The second-order valence-corrected chi connectivity index (χ2v) is 4.41. The Hall–Kier alpha value is -2.11. The molecule has 18 heavy (non-hydrogen) atoms. The van der Waals surface area contributed by atoms with Crippen molar-refractivity contribution in [3.63, 3.8) is 0 Å². The van der Waals surface area contributed by atoms with Gasteiger partial charge in [-0.3, -0.25) is 9.59 Å². The number of aromatic nitrogens is 1. The van der Waals surface area contributed by atoms with E-state index in [1.165, 1.54) is 0 Å². The molecule has 0 aliphatic carbocycles. The van der Waals surface area contributed by atoms with Gasteiger partial charge in [0.15, 0.2) is 0 Å². The van der Waals surface area contributed by atoms with Crippen molar-refractivity contribution >= 4 is 17.6 Å². The van der Waals surface area contributed by atoms with Gasteiger partial charge in [-0.25, -0.2) is 4.98 Å². The molecular formula is C12H16N4O2. The van der Waals surface area contributed by atoms with Crippen LogP contribution in [0.3, 0.4) is 0 Å². The molecule has 0 spiro atoms. The number of nitrogens with zero attached hydrogens (tertiary/aromatic N) is 2. The summed E-state index contributed by atoms with van der Waals surface area (Å²) in [6, 6.07) is 3.34. The molecule has 0 radical (unpaired) electrons. The number of hydrogen-bond donors (Lipinski definition) is 2. The number of amides is 2. The highest BCUT2D eigenvalue weighted by Crippen LogP contribution is 2.19. The molecule has 96 valence electrons. The van der Waals surface area contributed by atoms with Crippen molar-refractivity contribution < 1.29 is 9.59 Å². The fourth-order valence-electron chi connectivity index (χ4n) is 2.14. The van der Waals surface area contributed by atoms with E-state index in [-0.39, 0.29) is 23.6 Å². The highest BCUT2D eigenvalue weighted by atomic mass is 16.2. The van der Waals surface area contributed by atoms with E-state index in [1.807, 2.05) is 0 Å². The summed E-state index contributed by atoms with van der Waals surface area (Å²) in [7, 11) is 0. The second-order valence-electron chi connectivity index (χ2n) is 4.41. The van der Waals surface area contributed by atoms with Gasteiger partial charge in [0.25, 0.3) is 5.91 Å². The molecule has 0 unspecified atom stereocenters. The Balaban J connectivity index is 2.04. The summed E-state index contributed by atoms with van der Waals surface area (Å²) in [6.45, 7) is 1.06. The maximum Gasteiger partial charge on any atom is 0.257 e. The lowest BCUT2D eigenvalue weighted by Crippen LogP contribution is -2.42.